The van der Waals surface area contributed by atoms with Crippen molar-refractivity contribution in [3.05, 3.63) is 63.9 Å². The van der Waals surface area contributed by atoms with Crippen LogP contribution in [0, 0.1) is 5.82 Å². The van der Waals surface area contributed by atoms with Crippen LogP contribution in [0.5, 0.6) is 0 Å². The van der Waals surface area contributed by atoms with Crippen molar-refractivity contribution in [3.8, 4) is 0 Å². The smallest absolute Gasteiger partial charge is 0.265 e. The number of aryl methyl sites for hydroxylation is 1. The van der Waals surface area contributed by atoms with Gasteiger partial charge in [-0.15, -0.1) is 0 Å². The summed E-state index contributed by atoms with van der Waals surface area (Å²) in [5.41, 5.74) is 2.21. The first-order valence-corrected chi connectivity index (χ1v) is 7.87. The summed E-state index contributed by atoms with van der Waals surface area (Å²) < 4.78 is 14.2. The Labute approximate surface area is 142 Å². The number of amides is 1. The molecule has 0 fully saturated rings. The maximum absolute atomic E-state index is 13.6. The van der Waals surface area contributed by atoms with E-state index in [1.54, 1.807) is 6.07 Å². The van der Waals surface area contributed by atoms with Gasteiger partial charge in [0.15, 0.2) is 6.61 Å². The van der Waals surface area contributed by atoms with Gasteiger partial charge in [0.2, 0.25) is 0 Å². The number of oxime groups is 1. The maximum atomic E-state index is 13.6. The standard InChI is InChI=1S/C17H16BrFN2O2/c1-2-12-3-5-13(6-4-12)10-20-23-11-17(22)21-16-8-7-14(18)9-15(16)19/h3-10H,2,11H2,1H3,(H,21,22)/b20-10-. The van der Waals surface area contributed by atoms with Crippen molar-refractivity contribution >= 4 is 33.7 Å². The van der Waals surface area contributed by atoms with Crippen molar-refractivity contribution in [2.45, 2.75) is 13.3 Å². The molecule has 2 aromatic carbocycles. The second kappa shape index (κ2) is 8.43. The molecular formula is C17H16BrFN2O2. The number of hydrogen-bond donors (Lipinski definition) is 1. The lowest BCUT2D eigenvalue weighted by atomic mass is 10.1. The first kappa shape index (κ1) is 17.1. The van der Waals surface area contributed by atoms with Crippen molar-refractivity contribution in [2.24, 2.45) is 5.16 Å². The largest absolute Gasteiger partial charge is 0.386 e. The first-order chi connectivity index (χ1) is 11.1. The molecule has 6 heteroatoms. The lowest BCUT2D eigenvalue weighted by Gasteiger charge is -2.05. The van der Waals surface area contributed by atoms with E-state index in [-0.39, 0.29) is 12.3 Å². The van der Waals surface area contributed by atoms with Gasteiger partial charge in [0.05, 0.1) is 11.9 Å². The Kier molecular flexibility index (Phi) is 6.29. The van der Waals surface area contributed by atoms with Crippen LogP contribution in [-0.4, -0.2) is 18.7 Å². The Morgan fingerprint density at radius 1 is 1.30 bits per heavy atom. The van der Waals surface area contributed by atoms with Gasteiger partial charge in [0.1, 0.15) is 5.82 Å². The van der Waals surface area contributed by atoms with Crippen LogP contribution in [0.25, 0.3) is 0 Å². The molecule has 0 heterocycles. The number of benzene rings is 2. The van der Waals surface area contributed by atoms with Crippen LogP contribution >= 0.6 is 15.9 Å². The predicted octanol–water partition coefficient (Wildman–Crippen LogP) is 4.14. The molecular weight excluding hydrogens is 363 g/mol. The Balaban J connectivity index is 1.80. The van der Waals surface area contributed by atoms with Crippen LogP contribution in [0.1, 0.15) is 18.1 Å². The van der Waals surface area contributed by atoms with Gasteiger partial charge in [-0.25, -0.2) is 4.39 Å². The third-order valence-corrected chi connectivity index (χ3v) is 3.56. The van der Waals surface area contributed by atoms with Crippen LogP contribution in [0.3, 0.4) is 0 Å². The zero-order valence-electron chi connectivity index (χ0n) is 12.6. The molecule has 0 atom stereocenters. The SMILES string of the molecule is CCc1ccc(/C=N\OCC(=O)Nc2ccc(Br)cc2F)cc1. The number of hydrogen-bond acceptors (Lipinski definition) is 3. The second-order valence-corrected chi connectivity index (χ2v) is 5.69. The van der Waals surface area contributed by atoms with Crippen molar-refractivity contribution in [1.29, 1.82) is 0 Å². The number of halogens is 2. The molecule has 120 valence electrons. The Hall–Kier alpha value is -2.21. The van der Waals surface area contributed by atoms with Gasteiger partial charge in [-0.05, 0) is 35.7 Å². The van der Waals surface area contributed by atoms with E-state index in [0.29, 0.717) is 4.47 Å². The number of nitrogens with one attached hydrogen (secondary N) is 1. The van der Waals surface area contributed by atoms with Gasteiger partial charge in [0.25, 0.3) is 5.91 Å². The van der Waals surface area contributed by atoms with Gasteiger partial charge in [-0.1, -0.05) is 52.3 Å². The highest BCUT2D eigenvalue weighted by molar-refractivity contribution is 9.10. The maximum Gasteiger partial charge on any atom is 0.265 e. The molecule has 2 rings (SSSR count). The molecule has 1 amide bonds. The van der Waals surface area contributed by atoms with Crippen molar-refractivity contribution < 1.29 is 14.0 Å². The molecule has 0 spiro atoms. The summed E-state index contributed by atoms with van der Waals surface area (Å²) in [5, 5.41) is 6.15. The molecule has 0 aromatic heterocycles. The van der Waals surface area contributed by atoms with Gasteiger partial charge in [0, 0.05) is 4.47 Å². The molecule has 0 saturated carbocycles. The average molecular weight is 379 g/mol. The fourth-order valence-electron chi connectivity index (χ4n) is 1.81. The van der Waals surface area contributed by atoms with E-state index in [4.69, 9.17) is 4.84 Å². The molecule has 0 radical (unpaired) electrons. The first-order valence-electron chi connectivity index (χ1n) is 7.07. The summed E-state index contributed by atoms with van der Waals surface area (Å²) >= 11 is 3.15. The molecule has 0 bridgehead atoms. The minimum absolute atomic E-state index is 0.0981. The van der Waals surface area contributed by atoms with E-state index in [2.05, 4.69) is 33.3 Å². The lowest BCUT2D eigenvalue weighted by molar-refractivity contribution is -0.120. The van der Waals surface area contributed by atoms with Gasteiger partial charge in [-0.2, -0.15) is 0 Å². The van der Waals surface area contributed by atoms with Crippen LogP contribution in [0.15, 0.2) is 52.1 Å². The van der Waals surface area contributed by atoms with E-state index >= 15 is 0 Å². The fraction of sp³-hybridized carbons (Fsp3) is 0.176. The molecule has 0 unspecified atom stereocenters. The Morgan fingerprint density at radius 3 is 2.70 bits per heavy atom. The number of rotatable bonds is 6. The van der Waals surface area contributed by atoms with Crippen LogP contribution < -0.4 is 5.32 Å². The summed E-state index contributed by atoms with van der Waals surface area (Å²) in [6.07, 6.45) is 2.49. The molecule has 4 nitrogen and oxygen atoms in total. The van der Waals surface area contributed by atoms with E-state index in [1.165, 1.54) is 23.9 Å². The Bertz CT molecular complexity index is 702. The van der Waals surface area contributed by atoms with Gasteiger partial charge >= 0.3 is 0 Å². The van der Waals surface area contributed by atoms with E-state index in [1.807, 2.05) is 24.3 Å². The summed E-state index contributed by atoms with van der Waals surface area (Å²) in [7, 11) is 0. The van der Waals surface area contributed by atoms with Crippen molar-refractivity contribution in [2.75, 3.05) is 11.9 Å². The zero-order valence-corrected chi connectivity index (χ0v) is 14.1. The van der Waals surface area contributed by atoms with E-state index in [0.717, 1.165) is 12.0 Å². The summed E-state index contributed by atoms with van der Waals surface area (Å²) in [6.45, 7) is 1.79. The van der Waals surface area contributed by atoms with Crippen molar-refractivity contribution in [3.63, 3.8) is 0 Å². The van der Waals surface area contributed by atoms with Crippen molar-refractivity contribution in [1.82, 2.24) is 0 Å². The predicted molar refractivity (Wildman–Crippen MR) is 92.1 cm³/mol. The molecule has 0 aliphatic carbocycles. The number of anilines is 1. The lowest BCUT2D eigenvalue weighted by Crippen LogP contribution is -2.17. The zero-order chi connectivity index (χ0) is 16.7. The van der Waals surface area contributed by atoms with E-state index in [9.17, 15) is 9.18 Å². The minimum Gasteiger partial charge on any atom is -0.386 e. The third-order valence-electron chi connectivity index (χ3n) is 3.07. The molecule has 0 aliphatic rings. The highest BCUT2D eigenvalue weighted by Gasteiger charge is 2.07. The van der Waals surface area contributed by atoms with Gasteiger partial charge < -0.3 is 10.2 Å². The summed E-state index contributed by atoms with van der Waals surface area (Å²) in [6, 6.07) is 12.2. The fourth-order valence-corrected chi connectivity index (χ4v) is 2.14. The van der Waals surface area contributed by atoms with Crippen LogP contribution in [-0.2, 0) is 16.1 Å². The van der Waals surface area contributed by atoms with E-state index < -0.39 is 11.7 Å². The highest BCUT2D eigenvalue weighted by atomic mass is 79.9. The van der Waals surface area contributed by atoms with Crippen LogP contribution in [0.2, 0.25) is 0 Å². The Morgan fingerprint density at radius 2 is 2.04 bits per heavy atom. The number of carbonyl (C=O) groups is 1. The van der Waals surface area contributed by atoms with Gasteiger partial charge in [-0.3, -0.25) is 4.79 Å². The molecule has 2 aromatic rings. The molecule has 0 saturated heterocycles. The molecule has 0 aliphatic heterocycles. The number of nitrogens with zero attached hydrogens (tertiary/aromatic N) is 1. The summed E-state index contributed by atoms with van der Waals surface area (Å²) in [5.74, 6) is -1.00. The minimum atomic E-state index is -0.521. The third kappa shape index (κ3) is 5.49. The summed E-state index contributed by atoms with van der Waals surface area (Å²) in [4.78, 5) is 16.6. The van der Waals surface area contributed by atoms with Crippen LogP contribution in [0.4, 0.5) is 10.1 Å². The average Bonchev–Trinajstić information content (AvgIpc) is 2.55. The molecule has 1 N–H and O–H groups in total. The second-order valence-electron chi connectivity index (χ2n) is 4.78. The number of carbonyl (C=O) groups excluding carboxylic acids is 1. The molecule has 23 heavy (non-hydrogen) atoms. The highest BCUT2D eigenvalue weighted by Crippen LogP contribution is 2.19. The normalized spacial score (nSPS) is 10.7. The quantitative estimate of drug-likeness (QED) is 0.606. The topological polar surface area (TPSA) is 50.7 Å². The monoisotopic (exact) mass is 378 g/mol.